The molecule has 3 aromatic rings. The molecule has 1 heterocycles. The zero-order chi connectivity index (χ0) is 23.6. The number of nitrogens with zero attached hydrogens (tertiary/aromatic N) is 1. The summed E-state index contributed by atoms with van der Waals surface area (Å²) in [6.07, 6.45) is 3.56. The summed E-state index contributed by atoms with van der Waals surface area (Å²) in [4.78, 5) is 18.1. The number of thiazole rings is 1. The highest BCUT2D eigenvalue weighted by molar-refractivity contribution is 7.89. The third kappa shape index (κ3) is 5.23. The van der Waals surface area contributed by atoms with Gasteiger partial charge in [-0.25, -0.2) is 22.5 Å². The molecule has 0 unspecified atom stereocenters. The van der Waals surface area contributed by atoms with Gasteiger partial charge < -0.3 is 4.74 Å². The number of hydrogen-bond donors (Lipinski definition) is 2. The van der Waals surface area contributed by atoms with Crippen molar-refractivity contribution in [3.8, 4) is 17.0 Å². The number of rotatable bonds is 7. The molecule has 10 heteroatoms. The molecule has 1 aliphatic rings. The normalized spacial score (nSPS) is 14.4. The van der Waals surface area contributed by atoms with E-state index in [1.165, 1.54) is 48.8 Å². The lowest BCUT2D eigenvalue weighted by Crippen LogP contribution is -2.33. The van der Waals surface area contributed by atoms with Gasteiger partial charge >= 0.3 is 0 Å². The molecule has 0 radical (unpaired) electrons. The smallest absolute Gasteiger partial charge is 0.257 e. The van der Waals surface area contributed by atoms with Crippen LogP contribution in [-0.4, -0.2) is 32.5 Å². The van der Waals surface area contributed by atoms with Gasteiger partial charge in [-0.2, -0.15) is 0 Å². The molecule has 7 nitrogen and oxygen atoms in total. The van der Waals surface area contributed by atoms with Crippen molar-refractivity contribution in [2.24, 2.45) is 0 Å². The summed E-state index contributed by atoms with van der Waals surface area (Å²) in [6.45, 7) is 1.86. The molecule has 2 aromatic carbocycles. The first-order valence-electron chi connectivity index (χ1n) is 10.5. The van der Waals surface area contributed by atoms with Crippen molar-refractivity contribution < 1.29 is 22.3 Å². The Morgan fingerprint density at radius 3 is 2.52 bits per heavy atom. The number of aryl methyl sites for hydroxylation is 1. The number of nitrogens with one attached hydrogen (secondary N) is 2. The van der Waals surface area contributed by atoms with Crippen LogP contribution in [0.5, 0.6) is 5.75 Å². The van der Waals surface area contributed by atoms with Crippen molar-refractivity contribution in [1.82, 2.24) is 9.71 Å². The van der Waals surface area contributed by atoms with Gasteiger partial charge in [-0.05, 0) is 62.2 Å². The number of ether oxygens (including phenoxy) is 1. The second-order valence-electron chi connectivity index (χ2n) is 7.85. The highest BCUT2D eigenvalue weighted by Crippen LogP contribution is 2.31. The first-order valence-corrected chi connectivity index (χ1v) is 12.8. The van der Waals surface area contributed by atoms with E-state index in [0.717, 1.165) is 36.1 Å². The molecular formula is C23H24FN3O4S2. The van der Waals surface area contributed by atoms with Crippen LogP contribution in [0.3, 0.4) is 0 Å². The van der Waals surface area contributed by atoms with Gasteiger partial charge in [-0.1, -0.05) is 12.8 Å². The number of amides is 1. The van der Waals surface area contributed by atoms with Crippen molar-refractivity contribution in [1.29, 1.82) is 0 Å². The Balaban J connectivity index is 1.57. The first kappa shape index (κ1) is 23.3. The van der Waals surface area contributed by atoms with Crippen molar-refractivity contribution in [3.63, 3.8) is 0 Å². The van der Waals surface area contributed by atoms with Crippen LogP contribution in [0.4, 0.5) is 9.52 Å². The summed E-state index contributed by atoms with van der Waals surface area (Å²) in [5, 5.41) is 3.09. The number of hydrogen-bond acceptors (Lipinski definition) is 6. The van der Waals surface area contributed by atoms with Crippen molar-refractivity contribution in [3.05, 3.63) is 58.7 Å². The zero-order valence-electron chi connectivity index (χ0n) is 18.2. The minimum absolute atomic E-state index is 0.0770. The molecule has 33 heavy (non-hydrogen) atoms. The standard InChI is InChI=1S/C23H24FN3O4S2/c1-14-21(15-7-10-17(24)11-8-15)25-23(32-14)26-22(28)16-9-12-19(31-2)20(13-16)33(29,30)27-18-5-3-4-6-18/h7-13,18,27H,3-6H2,1-2H3,(H,25,26,28). The number of halogens is 1. The van der Waals surface area contributed by atoms with E-state index in [1.54, 1.807) is 12.1 Å². The van der Waals surface area contributed by atoms with Gasteiger partial charge in [0.05, 0.1) is 12.8 Å². The van der Waals surface area contributed by atoms with E-state index < -0.39 is 15.9 Å². The summed E-state index contributed by atoms with van der Waals surface area (Å²) in [5.74, 6) is -0.664. The number of carbonyl (C=O) groups is 1. The Morgan fingerprint density at radius 2 is 1.85 bits per heavy atom. The van der Waals surface area contributed by atoms with E-state index in [1.807, 2.05) is 6.92 Å². The molecule has 1 saturated carbocycles. The van der Waals surface area contributed by atoms with E-state index in [4.69, 9.17) is 4.74 Å². The number of anilines is 1. The van der Waals surface area contributed by atoms with Crippen LogP contribution in [-0.2, 0) is 10.0 Å². The molecule has 0 bridgehead atoms. The molecular weight excluding hydrogens is 465 g/mol. The Kier molecular flexibility index (Phi) is 6.78. The third-order valence-corrected chi connectivity index (χ3v) is 7.95. The number of benzene rings is 2. The van der Waals surface area contributed by atoms with Crippen LogP contribution < -0.4 is 14.8 Å². The quantitative estimate of drug-likeness (QED) is 0.500. The van der Waals surface area contributed by atoms with Crippen LogP contribution in [0, 0.1) is 12.7 Å². The largest absolute Gasteiger partial charge is 0.495 e. The third-order valence-electron chi connectivity index (χ3n) is 5.53. The molecule has 1 aliphatic carbocycles. The maximum Gasteiger partial charge on any atom is 0.257 e. The number of aromatic nitrogens is 1. The maximum atomic E-state index is 13.2. The summed E-state index contributed by atoms with van der Waals surface area (Å²) in [7, 11) is -2.47. The lowest BCUT2D eigenvalue weighted by atomic mass is 10.1. The second kappa shape index (κ2) is 9.58. The highest BCUT2D eigenvalue weighted by Gasteiger charge is 2.27. The van der Waals surface area contributed by atoms with Gasteiger partial charge in [0.15, 0.2) is 5.13 Å². The molecule has 0 spiro atoms. The maximum absolute atomic E-state index is 13.2. The van der Waals surface area contributed by atoms with E-state index in [2.05, 4.69) is 15.0 Å². The van der Waals surface area contributed by atoms with E-state index in [-0.39, 0.29) is 28.1 Å². The van der Waals surface area contributed by atoms with Gasteiger partial charge in [0.1, 0.15) is 16.5 Å². The molecule has 174 valence electrons. The minimum atomic E-state index is -3.86. The Hall–Kier alpha value is -2.82. The number of sulfonamides is 1. The molecule has 1 fully saturated rings. The van der Waals surface area contributed by atoms with Crippen molar-refractivity contribution in [2.45, 2.75) is 43.5 Å². The van der Waals surface area contributed by atoms with E-state index >= 15 is 0 Å². The Morgan fingerprint density at radius 1 is 1.15 bits per heavy atom. The summed E-state index contributed by atoms with van der Waals surface area (Å²) in [5.41, 5.74) is 1.55. The number of carbonyl (C=O) groups excluding carboxylic acids is 1. The van der Waals surface area contributed by atoms with E-state index in [0.29, 0.717) is 10.8 Å². The van der Waals surface area contributed by atoms with Crippen LogP contribution in [0.15, 0.2) is 47.4 Å². The molecule has 0 atom stereocenters. The summed E-state index contributed by atoms with van der Waals surface area (Å²) < 4.78 is 47.1. The van der Waals surface area contributed by atoms with Gasteiger partial charge in [0.2, 0.25) is 10.0 Å². The Bertz CT molecular complexity index is 1270. The van der Waals surface area contributed by atoms with Gasteiger partial charge in [-0.3, -0.25) is 10.1 Å². The van der Waals surface area contributed by atoms with Crippen LogP contribution >= 0.6 is 11.3 Å². The van der Waals surface area contributed by atoms with Gasteiger partial charge in [0.25, 0.3) is 5.91 Å². The van der Waals surface area contributed by atoms with Gasteiger partial charge in [0, 0.05) is 22.0 Å². The summed E-state index contributed by atoms with van der Waals surface area (Å²) >= 11 is 1.28. The monoisotopic (exact) mass is 489 g/mol. The molecule has 1 amide bonds. The molecule has 0 saturated heterocycles. The second-order valence-corrected chi connectivity index (χ2v) is 10.7. The van der Waals surface area contributed by atoms with E-state index in [9.17, 15) is 17.6 Å². The molecule has 4 rings (SSSR count). The molecule has 0 aliphatic heterocycles. The van der Waals surface area contributed by atoms with Crippen molar-refractivity contribution in [2.75, 3.05) is 12.4 Å². The number of methoxy groups -OCH3 is 1. The zero-order valence-corrected chi connectivity index (χ0v) is 19.9. The van der Waals surface area contributed by atoms with Gasteiger partial charge in [-0.15, -0.1) is 11.3 Å². The van der Waals surface area contributed by atoms with Crippen LogP contribution in [0.2, 0.25) is 0 Å². The average Bonchev–Trinajstić information content (AvgIpc) is 3.42. The van der Waals surface area contributed by atoms with Crippen molar-refractivity contribution >= 4 is 32.4 Å². The average molecular weight is 490 g/mol. The first-order chi connectivity index (χ1) is 15.8. The fourth-order valence-electron chi connectivity index (χ4n) is 3.85. The fourth-order valence-corrected chi connectivity index (χ4v) is 6.18. The summed E-state index contributed by atoms with van der Waals surface area (Å²) in [6, 6.07) is 10.1. The minimum Gasteiger partial charge on any atom is -0.495 e. The predicted octanol–water partition coefficient (Wildman–Crippen LogP) is 4.74. The van der Waals surface area contributed by atoms with Crippen LogP contribution in [0.25, 0.3) is 11.3 Å². The Labute approximate surface area is 196 Å². The molecule has 2 N–H and O–H groups in total. The fraction of sp³-hybridized carbons (Fsp3) is 0.304. The topological polar surface area (TPSA) is 97.4 Å². The lowest BCUT2D eigenvalue weighted by Gasteiger charge is -2.15. The predicted molar refractivity (Wildman–Crippen MR) is 126 cm³/mol. The lowest BCUT2D eigenvalue weighted by molar-refractivity contribution is 0.102. The SMILES string of the molecule is COc1ccc(C(=O)Nc2nc(-c3ccc(F)cc3)c(C)s2)cc1S(=O)(=O)NC1CCCC1. The molecule has 1 aromatic heterocycles. The highest BCUT2D eigenvalue weighted by atomic mass is 32.2. The van der Waals surface area contributed by atoms with Crippen LogP contribution in [0.1, 0.15) is 40.9 Å².